The van der Waals surface area contributed by atoms with Crippen LogP contribution in [0.15, 0.2) is 60.2 Å². The van der Waals surface area contributed by atoms with E-state index in [-0.39, 0.29) is 23.2 Å². The fraction of sp³-hybridized carbons (Fsp3) is 0.150. The number of Topliss-reactive ketones (excluding diaryl/α,β-unsaturated/α-hetero) is 1. The third kappa shape index (κ3) is 5.42. The Bertz CT molecular complexity index is 819. The number of rotatable bonds is 5. The number of aryl methyl sites for hydroxylation is 1. The summed E-state index contributed by atoms with van der Waals surface area (Å²) in [6.07, 6.45) is 1.25. The molecule has 0 saturated heterocycles. The lowest BCUT2D eigenvalue weighted by Crippen LogP contribution is -2.16. The summed E-state index contributed by atoms with van der Waals surface area (Å²) < 4.78 is 0. The molecular formula is C20H20N2O3. The van der Waals surface area contributed by atoms with Crippen molar-refractivity contribution in [1.29, 1.82) is 0 Å². The molecule has 0 unspecified atom stereocenters. The van der Waals surface area contributed by atoms with Crippen molar-refractivity contribution in [1.82, 2.24) is 0 Å². The Kier molecular flexibility index (Phi) is 5.84. The lowest BCUT2D eigenvalue weighted by atomic mass is 10.1. The van der Waals surface area contributed by atoms with E-state index in [9.17, 15) is 14.4 Å². The van der Waals surface area contributed by atoms with Gasteiger partial charge in [0.15, 0.2) is 5.78 Å². The van der Waals surface area contributed by atoms with Gasteiger partial charge in [-0.15, -0.1) is 0 Å². The van der Waals surface area contributed by atoms with Crippen molar-refractivity contribution in [3.8, 4) is 0 Å². The molecule has 128 valence electrons. The maximum Gasteiger partial charge on any atom is 0.251 e. The van der Waals surface area contributed by atoms with E-state index in [0.29, 0.717) is 16.9 Å². The fourth-order valence-electron chi connectivity index (χ4n) is 2.10. The molecule has 0 spiro atoms. The van der Waals surface area contributed by atoms with Crippen LogP contribution in [0.4, 0.5) is 11.4 Å². The van der Waals surface area contributed by atoms with E-state index in [2.05, 4.69) is 10.6 Å². The molecular weight excluding hydrogens is 316 g/mol. The molecule has 2 amide bonds. The number of carbonyl (C=O) groups is 3. The molecule has 0 fully saturated rings. The van der Waals surface area contributed by atoms with Gasteiger partial charge in [0, 0.05) is 28.6 Å². The van der Waals surface area contributed by atoms with E-state index in [1.165, 1.54) is 13.0 Å². The van der Waals surface area contributed by atoms with Gasteiger partial charge >= 0.3 is 0 Å². The van der Waals surface area contributed by atoms with Crippen LogP contribution in [-0.4, -0.2) is 17.6 Å². The Morgan fingerprint density at radius 1 is 0.800 bits per heavy atom. The van der Waals surface area contributed by atoms with Gasteiger partial charge in [-0.25, -0.2) is 0 Å². The molecule has 0 atom stereocenters. The highest BCUT2D eigenvalue weighted by Crippen LogP contribution is 2.12. The first-order chi connectivity index (χ1) is 11.8. The molecule has 0 bridgehead atoms. The third-order valence-corrected chi connectivity index (χ3v) is 3.57. The van der Waals surface area contributed by atoms with Crippen LogP contribution in [0.1, 0.15) is 29.8 Å². The van der Waals surface area contributed by atoms with Crippen molar-refractivity contribution >= 4 is 29.0 Å². The lowest BCUT2D eigenvalue weighted by molar-refractivity contribution is -0.114. The molecule has 2 aromatic carbocycles. The van der Waals surface area contributed by atoms with Gasteiger partial charge in [-0.2, -0.15) is 0 Å². The van der Waals surface area contributed by atoms with Crippen LogP contribution in [0.2, 0.25) is 0 Å². The van der Waals surface area contributed by atoms with Crippen LogP contribution in [0.5, 0.6) is 0 Å². The largest absolute Gasteiger partial charge is 0.323 e. The zero-order chi connectivity index (χ0) is 18.4. The van der Waals surface area contributed by atoms with E-state index >= 15 is 0 Å². The molecule has 0 aliphatic heterocycles. The quantitative estimate of drug-likeness (QED) is 0.645. The highest BCUT2D eigenvalue weighted by Gasteiger charge is 2.08. The summed E-state index contributed by atoms with van der Waals surface area (Å²) in [6, 6.07) is 14.0. The molecule has 2 rings (SSSR count). The molecule has 0 aromatic heterocycles. The molecule has 0 heterocycles. The topological polar surface area (TPSA) is 75.3 Å². The van der Waals surface area contributed by atoms with Crippen molar-refractivity contribution in [2.24, 2.45) is 0 Å². The predicted octanol–water partition coefficient (Wildman–Crippen LogP) is 3.72. The van der Waals surface area contributed by atoms with Gasteiger partial charge in [-0.1, -0.05) is 17.7 Å². The average Bonchev–Trinajstić information content (AvgIpc) is 2.57. The summed E-state index contributed by atoms with van der Waals surface area (Å²) in [7, 11) is 0. The van der Waals surface area contributed by atoms with Crippen molar-refractivity contribution < 1.29 is 14.4 Å². The summed E-state index contributed by atoms with van der Waals surface area (Å²) in [5.41, 5.74) is 3.17. The maximum absolute atomic E-state index is 12.1. The number of carbonyl (C=O) groups excluding carboxylic acids is 3. The highest BCUT2D eigenvalue weighted by atomic mass is 16.2. The minimum atomic E-state index is -0.380. The van der Waals surface area contributed by atoms with Crippen LogP contribution in [0, 0.1) is 6.92 Å². The summed E-state index contributed by atoms with van der Waals surface area (Å²) in [5.74, 6) is -0.792. The normalized spacial score (nSPS) is 10.9. The zero-order valence-electron chi connectivity index (χ0n) is 14.4. The van der Waals surface area contributed by atoms with Crippen LogP contribution in [-0.2, 0) is 9.59 Å². The van der Waals surface area contributed by atoms with Gasteiger partial charge in [0.25, 0.3) is 5.91 Å². The lowest BCUT2D eigenvalue weighted by Gasteiger charge is -2.07. The minimum Gasteiger partial charge on any atom is -0.323 e. The second-order valence-corrected chi connectivity index (χ2v) is 5.77. The second kappa shape index (κ2) is 8.06. The monoisotopic (exact) mass is 336 g/mol. The Labute approximate surface area is 146 Å². The Balaban J connectivity index is 1.97. The van der Waals surface area contributed by atoms with Crippen LogP contribution in [0.3, 0.4) is 0 Å². The highest BCUT2D eigenvalue weighted by molar-refractivity contribution is 6.10. The van der Waals surface area contributed by atoms with E-state index in [1.807, 2.05) is 19.1 Å². The van der Waals surface area contributed by atoms with E-state index in [0.717, 1.165) is 5.56 Å². The zero-order valence-corrected chi connectivity index (χ0v) is 14.4. The smallest absolute Gasteiger partial charge is 0.251 e. The van der Waals surface area contributed by atoms with Crippen LogP contribution in [0.25, 0.3) is 0 Å². The first kappa shape index (κ1) is 18.1. The SMILES string of the molecule is CC(=O)c1ccc(NC(=O)/C(C)=C\C(=O)Nc2ccc(C)cc2)cc1. The van der Waals surface area contributed by atoms with Crippen molar-refractivity contribution in [2.45, 2.75) is 20.8 Å². The van der Waals surface area contributed by atoms with E-state index in [1.54, 1.807) is 43.3 Å². The molecule has 2 aromatic rings. The molecule has 25 heavy (non-hydrogen) atoms. The Hall–Kier alpha value is -3.21. The molecule has 2 N–H and O–H groups in total. The van der Waals surface area contributed by atoms with Gasteiger partial charge in [0.05, 0.1) is 0 Å². The fourth-order valence-corrected chi connectivity index (χ4v) is 2.10. The summed E-state index contributed by atoms with van der Waals surface area (Å²) in [5, 5.41) is 5.39. The molecule has 0 radical (unpaired) electrons. The van der Waals surface area contributed by atoms with Gasteiger partial charge < -0.3 is 10.6 Å². The van der Waals surface area contributed by atoms with Crippen LogP contribution >= 0.6 is 0 Å². The number of amides is 2. The summed E-state index contributed by atoms with van der Waals surface area (Å²) in [4.78, 5) is 35.4. The predicted molar refractivity (Wildman–Crippen MR) is 98.6 cm³/mol. The van der Waals surface area contributed by atoms with Crippen molar-refractivity contribution in [3.05, 3.63) is 71.3 Å². The number of hydrogen-bond donors (Lipinski definition) is 2. The van der Waals surface area contributed by atoms with Gasteiger partial charge in [-0.05, 0) is 57.2 Å². The van der Waals surface area contributed by atoms with E-state index < -0.39 is 0 Å². The third-order valence-electron chi connectivity index (χ3n) is 3.57. The molecule has 0 aliphatic rings. The minimum absolute atomic E-state index is 0.0401. The van der Waals surface area contributed by atoms with Crippen molar-refractivity contribution in [2.75, 3.05) is 10.6 Å². The summed E-state index contributed by atoms with van der Waals surface area (Å²) >= 11 is 0. The number of ketones is 1. The standard InChI is InChI=1S/C20H20N2O3/c1-13-4-8-17(9-5-13)21-19(24)12-14(2)20(25)22-18-10-6-16(7-11-18)15(3)23/h4-12H,1-3H3,(H,21,24)(H,22,25)/b14-12-. The van der Waals surface area contributed by atoms with Crippen LogP contribution < -0.4 is 10.6 Å². The van der Waals surface area contributed by atoms with Gasteiger partial charge in [0.2, 0.25) is 5.91 Å². The maximum atomic E-state index is 12.1. The molecule has 0 aliphatic carbocycles. The number of nitrogens with one attached hydrogen (secondary N) is 2. The molecule has 5 nitrogen and oxygen atoms in total. The Morgan fingerprint density at radius 2 is 1.32 bits per heavy atom. The number of anilines is 2. The van der Waals surface area contributed by atoms with Crippen molar-refractivity contribution in [3.63, 3.8) is 0 Å². The molecule has 5 heteroatoms. The first-order valence-electron chi connectivity index (χ1n) is 7.83. The second-order valence-electron chi connectivity index (χ2n) is 5.77. The Morgan fingerprint density at radius 3 is 1.88 bits per heavy atom. The molecule has 0 saturated carbocycles. The average molecular weight is 336 g/mol. The van der Waals surface area contributed by atoms with Gasteiger partial charge in [-0.3, -0.25) is 14.4 Å². The first-order valence-corrected chi connectivity index (χ1v) is 7.83. The van der Waals surface area contributed by atoms with Gasteiger partial charge in [0.1, 0.15) is 0 Å². The number of hydrogen-bond acceptors (Lipinski definition) is 3. The summed E-state index contributed by atoms with van der Waals surface area (Å²) in [6.45, 7) is 5.00. The van der Waals surface area contributed by atoms with E-state index in [4.69, 9.17) is 0 Å². The number of benzene rings is 2.